The van der Waals surface area contributed by atoms with Gasteiger partial charge >= 0.3 is 12.1 Å². The summed E-state index contributed by atoms with van der Waals surface area (Å²) in [5, 5.41) is 2.17. The first-order valence-corrected chi connectivity index (χ1v) is 10.8. The number of Topliss-reactive ketones (excluding diaryl/α,β-unsaturated/α-hetero) is 1. The molecule has 0 saturated carbocycles. The van der Waals surface area contributed by atoms with E-state index in [0.717, 1.165) is 0 Å². The minimum atomic E-state index is -5.29. The average molecular weight is 512 g/mol. The van der Waals surface area contributed by atoms with Gasteiger partial charge in [-0.05, 0) is 48.2 Å². The van der Waals surface area contributed by atoms with Crippen molar-refractivity contribution in [1.82, 2.24) is 10.2 Å². The van der Waals surface area contributed by atoms with Crippen molar-refractivity contribution in [2.75, 3.05) is 0 Å². The summed E-state index contributed by atoms with van der Waals surface area (Å²) in [6, 6.07) is 4.10. The molecule has 1 N–H and O–H groups in total. The molecule has 0 radical (unpaired) electrons. The monoisotopic (exact) mass is 512 g/mol. The Labute approximate surface area is 200 Å². The summed E-state index contributed by atoms with van der Waals surface area (Å²) >= 11 is 0. The Morgan fingerprint density at radius 2 is 1.72 bits per heavy atom. The van der Waals surface area contributed by atoms with Crippen molar-refractivity contribution in [3.05, 3.63) is 70.0 Å². The van der Waals surface area contributed by atoms with Crippen LogP contribution in [0.3, 0.4) is 0 Å². The number of nitrogens with zero attached hydrogens (tertiary/aromatic N) is 1. The maximum atomic E-state index is 14.7. The number of hydrogen-bond acceptors (Lipinski definition) is 4. The van der Waals surface area contributed by atoms with Crippen LogP contribution in [0.4, 0.5) is 26.3 Å². The van der Waals surface area contributed by atoms with Gasteiger partial charge in [-0.2, -0.15) is 22.0 Å². The van der Waals surface area contributed by atoms with E-state index in [0.29, 0.717) is 17.2 Å². The lowest BCUT2D eigenvalue weighted by atomic mass is 9.94. The number of benzene rings is 2. The molecule has 36 heavy (non-hydrogen) atoms. The largest absolute Gasteiger partial charge is 0.417 e. The SMILES string of the molecule is O=C1CCC(N2Cc3cc(CCC(=O)C(F)(F)c4ccc(F)cc4C(F)(F)F)ccc3C2=O)C(=O)N1. The number of alkyl halides is 5. The summed E-state index contributed by atoms with van der Waals surface area (Å²) < 4.78 is 82.1. The van der Waals surface area contributed by atoms with E-state index < -0.39 is 65.0 Å². The van der Waals surface area contributed by atoms with E-state index in [1.54, 1.807) is 0 Å². The van der Waals surface area contributed by atoms with E-state index in [1.807, 2.05) is 0 Å². The molecule has 2 heterocycles. The fourth-order valence-corrected chi connectivity index (χ4v) is 4.37. The van der Waals surface area contributed by atoms with Crippen molar-refractivity contribution in [2.45, 2.75) is 50.4 Å². The second-order valence-corrected chi connectivity index (χ2v) is 8.58. The second-order valence-electron chi connectivity index (χ2n) is 8.58. The number of fused-ring (bicyclic) bond motifs is 1. The van der Waals surface area contributed by atoms with E-state index in [2.05, 4.69) is 5.32 Å². The molecular formula is C24H18F6N2O4. The van der Waals surface area contributed by atoms with Crippen molar-refractivity contribution < 1.29 is 45.5 Å². The highest BCUT2D eigenvalue weighted by Crippen LogP contribution is 2.41. The third-order valence-electron chi connectivity index (χ3n) is 6.20. The van der Waals surface area contributed by atoms with Crippen molar-refractivity contribution in [3.63, 3.8) is 0 Å². The highest BCUT2D eigenvalue weighted by Gasteiger charge is 2.47. The number of halogens is 6. The first-order chi connectivity index (χ1) is 16.8. The normalized spacial score (nSPS) is 18.3. The number of aryl methyl sites for hydroxylation is 1. The fourth-order valence-electron chi connectivity index (χ4n) is 4.37. The number of amides is 3. The zero-order valence-corrected chi connectivity index (χ0v) is 18.4. The molecule has 1 fully saturated rings. The molecule has 0 bridgehead atoms. The smallest absolute Gasteiger partial charge is 0.322 e. The number of rotatable bonds is 6. The van der Waals surface area contributed by atoms with Crippen LogP contribution in [-0.2, 0) is 39.4 Å². The van der Waals surface area contributed by atoms with Crippen molar-refractivity contribution >= 4 is 23.5 Å². The second kappa shape index (κ2) is 9.07. The van der Waals surface area contributed by atoms with E-state index in [4.69, 9.17) is 0 Å². The predicted molar refractivity (Wildman–Crippen MR) is 111 cm³/mol. The molecular weight excluding hydrogens is 494 g/mol. The third-order valence-corrected chi connectivity index (χ3v) is 6.20. The van der Waals surface area contributed by atoms with Gasteiger partial charge in [-0.3, -0.25) is 24.5 Å². The molecule has 190 valence electrons. The lowest BCUT2D eigenvalue weighted by Gasteiger charge is -2.29. The van der Waals surface area contributed by atoms with Crippen LogP contribution in [0, 0.1) is 5.82 Å². The molecule has 1 unspecified atom stereocenters. The highest BCUT2D eigenvalue weighted by atomic mass is 19.4. The van der Waals surface area contributed by atoms with Gasteiger partial charge in [0, 0.05) is 30.5 Å². The van der Waals surface area contributed by atoms with E-state index >= 15 is 0 Å². The van der Waals surface area contributed by atoms with Gasteiger partial charge in [0.15, 0.2) is 0 Å². The van der Waals surface area contributed by atoms with Crippen LogP contribution >= 0.6 is 0 Å². The maximum absolute atomic E-state index is 14.7. The van der Waals surface area contributed by atoms with Crippen LogP contribution in [-0.4, -0.2) is 34.4 Å². The van der Waals surface area contributed by atoms with Crippen LogP contribution in [0.5, 0.6) is 0 Å². The molecule has 1 saturated heterocycles. The van der Waals surface area contributed by atoms with Crippen molar-refractivity contribution in [3.8, 4) is 0 Å². The first-order valence-electron chi connectivity index (χ1n) is 10.8. The highest BCUT2D eigenvalue weighted by molar-refractivity contribution is 6.05. The Hall–Kier alpha value is -3.70. The van der Waals surface area contributed by atoms with E-state index in [9.17, 15) is 45.5 Å². The van der Waals surface area contributed by atoms with Crippen LogP contribution in [0.15, 0.2) is 36.4 Å². The molecule has 6 nitrogen and oxygen atoms in total. The number of ketones is 1. The summed E-state index contributed by atoms with van der Waals surface area (Å²) in [5.41, 5.74) is -2.40. The molecule has 2 aliphatic heterocycles. The Balaban J connectivity index is 1.48. The van der Waals surface area contributed by atoms with Gasteiger partial charge in [-0.25, -0.2) is 4.39 Å². The Kier molecular flexibility index (Phi) is 6.40. The molecule has 12 heteroatoms. The number of hydrogen-bond donors (Lipinski definition) is 1. The quantitative estimate of drug-likeness (QED) is 0.470. The van der Waals surface area contributed by atoms with Gasteiger partial charge in [0.25, 0.3) is 5.91 Å². The summed E-state index contributed by atoms with van der Waals surface area (Å²) in [5.74, 6) is -9.13. The first kappa shape index (κ1) is 25.4. The number of imide groups is 1. The van der Waals surface area contributed by atoms with Gasteiger partial charge < -0.3 is 4.90 Å². The van der Waals surface area contributed by atoms with Crippen molar-refractivity contribution in [2.24, 2.45) is 0 Å². The fraction of sp³-hybridized carbons (Fsp3) is 0.333. The lowest BCUT2D eigenvalue weighted by Crippen LogP contribution is -2.52. The van der Waals surface area contributed by atoms with E-state index in [1.165, 1.54) is 23.1 Å². The van der Waals surface area contributed by atoms with Crippen LogP contribution < -0.4 is 5.32 Å². The summed E-state index contributed by atoms with van der Waals surface area (Å²) in [6.07, 6.45) is -6.13. The van der Waals surface area contributed by atoms with Crippen molar-refractivity contribution in [1.29, 1.82) is 0 Å². The number of nitrogens with one attached hydrogen (secondary N) is 1. The number of carbonyl (C=O) groups is 4. The van der Waals surface area contributed by atoms with Gasteiger partial charge in [0.05, 0.1) is 5.56 Å². The zero-order valence-electron chi connectivity index (χ0n) is 18.4. The summed E-state index contributed by atoms with van der Waals surface area (Å²) in [7, 11) is 0. The molecule has 3 amide bonds. The summed E-state index contributed by atoms with van der Waals surface area (Å²) in [4.78, 5) is 49.8. The van der Waals surface area contributed by atoms with Crippen LogP contribution in [0.1, 0.15) is 51.9 Å². The van der Waals surface area contributed by atoms with Gasteiger partial charge in [0.1, 0.15) is 11.9 Å². The van der Waals surface area contributed by atoms with Gasteiger partial charge in [-0.15, -0.1) is 0 Å². The average Bonchev–Trinajstić information content (AvgIpc) is 3.12. The lowest BCUT2D eigenvalue weighted by molar-refractivity contribution is -0.151. The minimum Gasteiger partial charge on any atom is -0.322 e. The summed E-state index contributed by atoms with van der Waals surface area (Å²) in [6.45, 7) is 0.0307. The van der Waals surface area contributed by atoms with Crippen LogP contribution in [0.25, 0.3) is 0 Å². The number of carbonyl (C=O) groups excluding carboxylic acids is 4. The third kappa shape index (κ3) is 4.71. The molecule has 0 spiro atoms. The zero-order chi connectivity index (χ0) is 26.4. The Morgan fingerprint density at radius 1 is 1.00 bits per heavy atom. The van der Waals surface area contributed by atoms with Gasteiger partial charge in [-0.1, -0.05) is 12.1 Å². The topological polar surface area (TPSA) is 83.6 Å². The molecule has 1 atom stereocenters. The Bertz CT molecular complexity index is 1270. The standard InChI is InChI=1S/C24H18F6N2O4/c25-14-3-5-16(17(10-14)24(28,29)30)23(26,27)19(33)7-2-12-1-4-15-13(9-12)11-32(22(15)36)18-6-8-20(34)31-21(18)35/h1,3-5,9-10,18H,2,6-8,11H2,(H,31,34,35). The number of piperidine rings is 1. The molecule has 2 aromatic carbocycles. The molecule has 4 rings (SSSR count). The Morgan fingerprint density at radius 3 is 2.39 bits per heavy atom. The van der Waals surface area contributed by atoms with E-state index in [-0.39, 0.29) is 43.5 Å². The maximum Gasteiger partial charge on any atom is 0.417 e. The molecule has 2 aromatic rings. The minimum absolute atomic E-state index is 0.0307. The van der Waals surface area contributed by atoms with Crippen LogP contribution in [0.2, 0.25) is 0 Å². The van der Waals surface area contributed by atoms with Gasteiger partial charge in [0.2, 0.25) is 17.6 Å². The predicted octanol–water partition coefficient (Wildman–Crippen LogP) is 3.90. The molecule has 0 aromatic heterocycles. The molecule has 2 aliphatic rings. The molecule has 0 aliphatic carbocycles.